The minimum absolute atomic E-state index is 0.178. The number of carbonyl (C=O) groups excluding carboxylic acids is 1. The molecule has 18 heavy (non-hydrogen) atoms. The first-order chi connectivity index (χ1) is 8.74. The van der Waals surface area contributed by atoms with Crippen molar-refractivity contribution in [2.24, 2.45) is 0 Å². The maximum atomic E-state index is 12.1. The Kier molecular flexibility index (Phi) is 3.96. The number of methoxy groups -OCH3 is 1. The van der Waals surface area contributed by atoms with Crippen molar-refractivity contribution in [3.05, 3.63) is 12.2 Å². The highest BCUT2D eigenvalue weighted by Gasteiger charge is 2.50. The highest BCUT2D eigenvalue weighted by atomic mass is 16.5. The highest BCUT2D eigenvalue weighted by molar-refractivity contribution is 5.83. The fourth-order valence-corrected chi connectivity index (χ4v) is 2.30. The minimum atomic E-state index is -0.583. The summed E-state index contributed by atoms with van der Waals surface area (Å²) in [6.07, 6.45) is 4.25. The van der Waals surface area contributed by atoms with Crippen LogP contribution < -0.4 is 0 Å². The molecule has 0 amide bonds. The number of aromatic nitrogens is 3. The molecule has 2 rings (SSSR count). The third kappa shape index (κ3) is 2.12. The van der Waals surface area contributed by atoms with E-state index in [1.54, 1.807) is 13.4 Å². The number of hydrogen-bond donors (Lipinski definition) is 0. The third-order valence-corrected chi connectivity index (χ3v) is 3.45. The number of hydrogen-bond acceptors (Lipinski definition) is 5. The van der Waals surface area contributed by atoms with Crippen LogP contribution in [-0.2, 0) is 26.2 Å². The fourth-order valence-electron chi connectivity index (χ4n) is 2.30. The van der Waals surface area contributed by atoms with Crippen molar-refractivity contribution in [2.45, 2.75) is 38.1 Å². The summed E-state index contributed by atoms with van der Waals surface area (Å²) in [5.74, 6) is 0.534. The zero-order valence-corrected chi connectivity index (χ0v) is 10.9. The van der Waals surface area contributed by atoms with Crippen molar-refractivity contribution in [1.29, 1.82) is 0 Å². The first kappa shape index (κ1) is 13.0. The molecule has 1 heterocycles. The van der Waals surface area contributed by atoms with Crippen LogP contribution in [0.1, 0.15) is 32.0 Å². The first-order valence-corrected chi connectivity index (χ1v) is 6.29. The topological polar surface area (TPSA) is 66.2 Å². The predicted molar refractivity (Wildman–Crippen MR) is 64.1 cm³/mol. The van der Waals surface area contributed by atoms with E-state index in [2.05, 4.69) is 10.2 Å². The van der Waals surface area contributed by atoms with Gasteiger partial charge in [0.2, 0.25) is 0 Å². The molecule has 0 spiro atoms. The van der Waals surface area contributed by atoms with Crippen molar-refractivity contribution < 1.29 is 14.3 Å². The van der Waals surface area contributed by atoms with Gasteiger partial charge in [0.15, 0.2) is 0 Å². The van der Waals surface area contributed by atoms with Crippen LogP contribution in [0.3, 0.4) is 0 Å². The molecule has 1 aliphatic carbocycles. The molecule has 1 aromatic heterocycles. The average Bonchev–Trinajstić information content (AvgIpc) is 2.74. The van der Waals surface area contributed by atoms with Gasteiger partial charge in [0.1, 0.15) is 17.6 Å². The van der Waals surface area contributed by atoms with Gasteiger partial charge in [0, 0.05) is 13.7 Å². The van der Waals surface area contributed by atoms with Gasteiger partial charge in [-0.25, -0.2) is 0 Å². The Balaban J connectivity index is 2.22. The van der Waals surface area contributed by atoms with Crippen molar-refractivity contribution in [1.82, 2.24) is 14.8 Å². The molecule has 0 aliphatic heterocycles. The maximum Gasteiger partial charge on any atom is 0.319 e. The van der Waals surface area contributed by atoms with Crippen molar-refractivity contribution in [3.63, 3.8) is 0 Å². The largest absolute Gasteiger partial charge is 0.465 e. The van der Waals surface area contributed by atoms with E-state index in [4.69, 9.17) is 9.47 Å². The standard InChI is InChI=1S/C12H19N3O3/c1-3-18-11(16)12(5-4-6-12)10-14-13-9-15(10)7-8-17-2/h9H,3-8H2,1-2H3. The van der Waals surface area contributed by atoms with Crippen molar-refractivity contribution in [2.75, 3.05) is 20.3 Å². The van der Waals surface area contributed by atoms with Gasteiger partial charge < -0.3 is 14.0 Å². The van der Waals surface area contributed by atoms with Gasteiger partial charge in [-0.1, -0.05) is 6.42 Å². The molecule has 1 aromatic rings. The van der Waals surface area contributed by atoms with Crippen LogP contribution in [-0.4, -0.2) is 41.1 Å². The van der Waals surface area contributed by atoms with Crippen LogP contribution in [0.15, 0.2) is 6.33 Å². The van der Waals surface area contributed by atoms with E-state index in [0.29, 0.717) is 25.6 Å². The molecule has 0 unspecified atom stereocenters. The van der Waals surface area contributed by atoms with E-state index in [1.165, 1.54) is 0 Å². The average molecular weight is 253 g/mol. The molecule has 100 valence electrons. The molecule has 0 aromatic carbocycles. The quantitative estimate of drug-likeness (QED) is 0.705. The number of rotatable bonds is 6. The van der Waals surface area contributed by atoms with Crippen molar-refractivity contribution >= 4 is 5.97 Å². The van der Waals surface area contributed by atoms with Crippen LogP contribution in [0.25, 0.3) is 0 Å². The highest BCUT2D eigenvalue weighted by Crippen LogP contribution is 2.43. The summed E-state index contributed by atoms with van der Waals surface area (Å²) in [7, 11) is 1.65. The molecule has 0 N–H and O–H groups in total. The molecule has 6 heteroatoms. The lowest BCUT2D eigenvalue weighted by atomic mass is 9.68. The van der Waals surface area contributed by atoms with Crippen LogP contribution in [0.4, 0.5) is 0 Å². The Hall–Kier alpha value is -1.43. The van der Waals surface area contributed by atoms with Crippen LogP contribution >= 0.6 is 0 Å². The molecule has 0 saturated heterocycles. The summed E-state index contributed by atoms with van der Waals surface area (Å²) in [6, 6.07) is 0. The Labute approximate surface area is 106 Å². The summed E-state index contributed by atoms with van der Waals surface area (Å²) in [4.78, 5) is 12.1. The van der Waals surface area contributed by atoms with E-state index < -0.39 is 5.41 Å². The second-order valence-electron chi connectivity index (χ2n) is 4.50. The minimum Gasteiger partial charge on any atom is -0.465 e. The monoisotopic (exact) mass is 253 g/mol. The summed E-state index contributed by atoms with van der Waals surface area (Å²) in [6.45, 7) is 3.44. The summed E-state index contributed by atoms with van der Waals surface area (Å²) in [5.41, 5.74) is -0.583. The maximum absolute atomic E-state index is 12.1. The third-order valence-electron chi connectivity index (χ3n) is 3.45. The normalized spacial score (nSPS) is 17.2. The van der Waals surface area contributed by atoms with E-state index in [-0.39, 0.29) is 5.97 Å². The SMILES string of the molecule is CCOC(=O)C1(c2nncn2CCOC)CCC1. The number of carbonyl (C=O) groups is 1. The zero-order chi connectivity index (χ0) is 13.0. The van der Waals surface area contributed by atoms with Gasteiger partial charge in [-0.2, -0.15) is 0 Å². The Morgan fingerprint density at radius 2 is 2.33 bits per heavy atom. The van der Waals surface area contributed by atoms with Gasteiger partial charge in [-0.3, -0.25) is 4.79 Å². The first-order valence-electron chi connectivity index (χ1n) is 6.29. The van der Waals surface area contributed by atoms with Crippen LogP contribution in [0.2, 0.25) is 0 Å². The lowest BCUT2D eigenvalue weighted by molar-refractivity contribution is -0.154. The van der Waals surface area contributed by atoms with Crippen LogP contribution in [0, 0.1) is 0 Å². The summed E-state index contributed by atoms with van der Waals surface area (Å²) >= 11 is 0. The number of esters is 1. The summed E-state index contributed by atoms with van der Waals surface area (Å²) in [5, 5.41) is 8.04. The van der Waals surface area contributed by atoms with Crippen LogP contribution in [0.5, 0.6) is 0 Å². The van der Waals surface area contributed by atoms with E-state index >= 15 is 0 Å². The Morgan fingerprint density at radius 3 is 2.89 bits per heavy atom. The fraction of sp³-hybridized carbons (Fsp3) is 0.750. The molecule has 6 nitrogen and oxygen atoms in total. The molecule has 1 saturated carbocycles. The molecule has 1 fully saturated rings. The smallest absolute Gasteiger partial charge is 0.319 e. The summed E-state index contributed by atoms with van der Waals surface area (Å²) < 4.78 is 12.1. The van der Waals surface area contributed by atoms with Gasteiger partial charge >= 0.3 is 5.97 Å². The molecular formula is C12H19N3O3. The van der Waals surface area contributed by atoms with Gasteiger partial charge in [-0.05, 0) is 19.8 Å². The molecule has 1 aliphatic rings. The molecule has 0 radical (unpaired) electrons. The zero-order valence-electron chi connectivity index (χ0n) is 10.9. The van der Waals surface area contributed by atoms with Gasteiger partial charge in [-0.15, -0.1) is 10.2 Å². The lowest BCUT2D eigenvalue weighted by Crippen LogP contribution is -2.46. The second kappa shape index (κ2) is 5.48. The van der Waals surface area contributed by atoms with Gasteiger partial charge in [0.25, 0.3) is 0 Å². The van der Waals surface area contributed by atoms with Gasteiger partial charge in [0.05, 0.1) is 13.2 Å². The van der Waals surface area contributed by atoms with Crippen molar-refractivity contribution in [3.8, 4) is 0 Å². The van der Waals surface area contributed by atoms with E-state index in [0.717, 1.165) is 19.3 Å². The predicted octanol–water partition coefficient (Wildman–Crippen LogP) is 0.909. The Morgan fingerprint density at radius 1 is 1.56 bits per heavy atom. The Bertz CT molecular complexity index is 412. The second-order valence-corrected chi connectivity index (χ2v) is 4.50. The lowest BCUT2D eigenvalue weighted by Gasteiger charge is -2.38. The molecular weight excluding hydrogens is 234 g/mol. The molecule has 0 bridgehead atoms. The number of nitrogens with zero attached hydrogens (tertiary/aromatic N) is 3. The number of ether oxygens (including phenoxy) is 2. The van der Waals surface area contributed by atoms with E-state index in [9.17, 15) is 4.79 Å². The molecule has 0 atom stereocenters. The van der Waals surface area contributed by atoms with E-state index in [1.807, 2.05) is 11.5 Å².